The van der Waals surface area contributed by atoms with Crippen molar-refractivity contribution in [3.63, 3.8) is 0 Å². The molecule has 0 radical (unpaired) electrons. The lowest BCUT2D eigenvalue weighted by molar-refractivity contribution is -0.146. The molecular formula is C29H44N4O6. The molecule has 0 saturated heterocycles. The number of ketones is 1. The molecule has 1 unspecified atom stereocenters. The third-order valence-corrected chi connectivity index (χ3v) is 7.34. The van der Waals surface area contributed by atoms with Gasteiger partial charge in [0, 0.05) is 44.1 Å². The molecule has 0 spiro atoms. The summed E-state index contributed by atoms with van der Waals surface area (Å²) in [6.45, 7) is 2.51. The van der Waals surface area contributed by atoms with Crippen molar-refractivity contribution >= 4 is 29.3 Å². The molecule has 1 aliphatic heterocycles. The number of aliphatic hydroxyl groups excluding tert-OH is 2. The van der Waals surface area contributed by atoms with E-state index in [2.05, 4.69) is 4.99 Å². The summed E-state index contributed by atoms with van der Waals surface area (Å²) in [4.78, 5) is 46.3. The second-order valence-electron chi connectivity index (χ2n) is 10.6. The number of hydrogen-bond acceptors (Lipinski definition) is 9. The van der Waals surface area contributed by atoms with Crippen molar-refractivity contribution in [1.29, 1.82) is 0 Å². The van der Waals surface area contributed by atoms with Crippen LogP contribution in [0.5, 0.6) is 0 Å². The Morgan fingerprint density at radius 2 is 1.87 bits per heavy atom. The number of aliphatic imine (C=N–C) groups is 1. The van der Waals surface area contributed by atoms with Gasteiger partial charge in [-0.25, -0.2) is 4.99 Å². The second kappa shape index (κ2) is 15.6. The highest BCUT2D eigenvalue weighted by molar-refractivity contribution is 5.99. The molecule has 39 heavy (non-hydrogen) atoms. The van der Waals surface area contributed by atoms with Crippen LogP contribution in [0, 0.1) is 0 Å². The highest BCUT2D eigenvalue weighted by Gasteiger charge is 2.26. The predicted octanol–water partition coefficient (Wildman–Crippen LogP) is 3.05. The fourth-order valence-electron chi connectivity index (χ4n) is 5.19. The van der Waals surface area contributed by atoms with Gasteiger partial charge in [-0.15, -0.1) is 0 Å². The summed E-state index contributed by atoms with van der Waals surface area (Å²) in [5.74, 6) is -0.419. The third-order valence-electron chi connectivity index (χ3n) is 7.34. The first kappa shape index (κ1) is 30.6. The highest BCUT2D eigenvalue weighted by atomic mass is 16.5. The van der Waals surface area contributed by atoms with E-state index in [1.54, 1.807) is 23.1 Å². The summed E-state index contributed by atoms with van der Waals surface area (Å²) in [6.07, 6.45) is 8.71. The lowest BCUT2D eigenvalue weighted by Crippen LogP contribution is -2.42. The van der Waals surface area contributed by atoms with E-state index in [9.17, 15) is 19.5 Å². The Kier molecular flexibility index (Phi) is 12.2. The number of esters is 1. The molecule has 1 aromatic rings. The van der Waals surface area contributed by atoms with Gasteiger partial charge in [-0.1, -0.05) is 32.1 Å². The fourth-order valence-corrected chi connectivity index (χ4v) is 5.19. The first-order valence-electron chi connectivity index (χ1n) is 14.3. The SMILES string of the molecule is CC(O)COC(=O)CN1Cc2cc(C(=O)CCC(=O)N(CCCCCCO)C3CCCCC3)ccc2N=C1N. The van der Waals surface area contributed by atoms with Gasteiger partial charge >= 0.3 is 5.97 Å². The smallest absolute Gasteiger partial charge is 0.325 e. The van der Waals surface area contributed by atoms with Crippen molar-refractivity contribution in [3.8, 4) is 0 Å². The van der Waals surface area contributed by atoms with E-state index in [1.165, 1.54) is 13.3 Å². The summed E-state index contributed by atoms with van der Waals surface area (Å²) < 4.78 is 5.02. The van der Waals surface area contributed by atoms with E-state index >= 15 is 0 Å². The van der Waals surface area contributed by atoms with Crippen LogP contribution >= 0.6 is 0 Å². The minimum absolute atomic E-state index is 0.0367. The molecule has 1 heterocycles. The van der Waals surface area contributed by atoms with E-state index in [1.807, 2.05) is 4.90 Å². The molecule has 3 rings (SSSR count). The van der Waals surface area contributed by atoms with Gasteiger partial charge < -0.3 is 30.5 Å². The topological polar surface area (TPSA) is 146 Å². The zero-order valence-electron chi connectivity index (χ0n) is 23.1. The summed E-state index contributed by atoms with van der Waals surface area (Å²) in [5.41, 5.74) is 7.92. The van der Waals surface area contributed by atoms with Gasteiger partial charge in [0.2, 0.25) is 5.91 Å². The number of carbonyl (C=O) groups excluding carboxylic acids is 3. The number of ether oxygens (including phenoxy) is 1. The molecule has 2 aliphatic rings. The largest absolute Gasteiger partial charge is 0.462 e. The molecular weight excluding hydrogens is 500 g/mol. The predicted molar refractivity (Wildman–Crippen MR) is 148 cm³/mol. The van der Waals surface area contributed by atoms with Gasteiger partial charge in [-0.2, -0.15) is 0 Å². The number of nitrogens with zero attached hydrogens (tertiary/aromatic N) is 3. The van der Waals surface area contributed by atoms with Crippen LogP contribution < -0.4 is 5.73 Å². The van der Waals surface area contributed by atoms with E-state index in [4.69, 9.17) is 15.6 Å². The van der Waals surface area contributed by atoms with Crippen LogP contribution in [0.3, 0.4) is 0 Å². The van der Waals surface area contributed by atoms with Crippen molar-refractivity contribution in [2.24, 2.45) is 10.7 Å². The molecule has 10 nitrogen and oxygen atoms in total. The first-order chi connectivity index (χ1) is 18.8. The molecule has 10 heteroatoms. The number of nitrogens with two attached hydrogens (primary N) is 1. The van der Waals surface area contributed by atoms with Crippen LogP contribution in [0.4, 0.5) is 5.69 Å². The highest BCUT2D eigenvalue weighted by Crippen LogP contribution is 2.28. The van der Waals surface area contributed by atoms with Crippen LogP contribution in [-0.4, -0.2) is 82.1 Å². The number of amides is 1. The third kappa shape index (κ3) is 9.61. The van der Waals surface area contributed by atoms with Crippen LogP contribution in [0.15, 0.2) is 23.2 Å². The monoisotopic (exact) mass is 544 g/mol. The van der Waals surface area contributed by atoms with E-state index in [0.29, 0.717) is 24.3 Å². The lowest BCUT2D eigenvalue weighted by atomic mass is 9.93. The number of carbonyl (C=O) groups is 3. The Balaban J connectivity index is 1.57. The average Bonchev–Trinajstić information content (AvgIpc) is 2.93. The maximum atomic E-state index is 13.2. The minimum atomic E-state index is -0.755. The van der Waals surface area contributed by atoms with E-state index < -0.39 is 12.1 Å². The molecule has 4 N–H and O–H groups in total. The number of benzene rings is 1. The fraction of sp³-hybridized carbons (Fsp3) is 0.655. The summed E-state index contributed by atoms with van der Waals surface area (Å²) in [7, 11) is 0. The maximum Gasteiger partial charge on any atom is 0.325 e. The number of rotatable bonds is 15. The van der Waals surface area contributed by atoms with Gasteiger partial charge in [-0.05, 0) is 56.4 Å². The molecule has 0 bridgehead atoms. The number of unbranched alkanes of at least 4 members (excludes halogenated alkanes) is 3. The van der Waals surface area contributed by atoms with Crippen LogP contribution in [0.1, 0.15) is 93.5 Å². The van der Waals surface area contributed by atoms with Crippen LogP contribution in [-0.2, 0) is 20.9 Å². The van der Waals surface area contributed by atoms with Gasteiger partial charge in [0.1, 0.15) is 13.2 Å². The summed E-state index contributed by atoms with van der Waals surface area (Å²) in [6, 6.07) is 5.45. The van der Waals surface area contributed by atoms with Crippen molar-refractivity contribution in [1.82, 2.24) is 9.80 Å². The Labute approximate surface area is 231 Å². The molecule has 1 fully saturated rings. The van der Waals surface area contributed by atoms with Crippen molar-refractivity contribution in [2.45, 2.75) is 96.2 Å². The summed E-state index contributed by atoms with van der Waals surface area (Å²) in [5, 5.41) is 18.3. The van der Waals surface area contributed by atoms with Gasteiger partial charge in [0.05, 0.1) is 11.8 Å². The molecule has 1 atom stereocenters. The second-order valence-corrected chi connectivity index (χ2v) is 10.6. The Bertz CT molecular complexity index is 1010. The standard InChI is InChI=1S/C29H44N4O6/c1-21(35)20-39-28(38)19-32-18-23-17-22(11-12-25(23)31-29(32)30)26(36)13-14-27(37)33(15-7-2-3-8-16-34)24-9-5-4-6-10-24/h11-12,17,21,24,34-35H,2-10,13-16,18-20H2,1H3,(H2,30,31). The Hall–Kier alpha value is -2.98. The average molecular weight is 545 g/mol. The van der Waals surface area contributed by atoms with Crippen molar-refractivity contribution in [2.75, 3.05) is 26.3 Å². The normalized spacial score (nSPS) is 16.3. The van der Waals surface area contributed by atoms with Gasteiger partial charge in [-0.3, -0.25) is 14.4 Å². The number of aliphatic hydroxyl groups is 2. The van der Waals surface area contributed by atoms with Crippen molar-refractivity contribution < 1.29 is 29.3 Å². The molecule has 1 saturated carbocycles. The molecule has 216 valence electrons. The lowest BCUT2D eigenvalue weighted by Gasteiger charge is -2.34. The van der Waals surface area contributed by atoms with Crippen molar-refractivity contribution in [3.05, 3.63) is 29.3 Å². The van der Waals surface area contributed by atoms with Gasteiger partial charge in [0.25, 0.3) is 0 Å². The first-order valence-corrected chi connectivity index (χ1v) is 14.3. The summed E-state index contributed by atoms with van der Waals surface area (Å²) >= 11 is 0. The molecule has 1 aromatic carbocycles. The van der Waals surface area contributed by atoms with E-state index in [0.717, 1.165) is 56.9 Å². The molecule has 0 aromatic heterocycles. The number of Topliss-reactive ketones (excluding diaryl/α,β-unsaturated/α-hetero) is 1. The van der Waals surface area contributed by atoms with Crippen LogP contribution in [0.2, 0.25) is 0 Å². The molecule has 1 aliphatic carbocycles. The van der Waals surface area contributed by atoms with E-state index in [-0.39, 0.29) is 56.3 Å². The van der Waals surface area contributed by atoms with Gasteiger partial charge in [0.15, 0.2) is 11.7 Å². The number of hydrogen-bond donors (Lipinski definition) is 3. The maximum absolute atomic E-state index is 13.2. The number of fused-ring (bicyclic) bond motifs is 1. The zero-order chi connectivity index (χ0) is 28.2. The quantitative estimate of drug-likeness (QED) is 0.174. The van der Waals surface area contributed by atoms with Crippen LogP contribution in [0.25, 0.3) is 0 Å². The Morgan fingerprint density at radius 3 is 2.59 bits per heavy atom. The minimum Gasteiger partial charge on any atom is -0.462 e. The number of guanidine groups is 1. The zero-order valence-corrected chi connectivity index (χ0v) is 23.1. The Morgan fingerprint density at radius 1 is 1.13 bits per heavy atom. The molecule has 1 amide bonds.